The molecular weight excluding hydrogens is 364 g/mol. The Balaban J connectivity index is 1.81. The highest BCUT2D eigenvalue weighted by Gasteiger charge is 2.23. The lowest BCUT2D eigenvalue weighted by molar-refractivity contribution is -0.123. The number of esters is 1. The second-order valence-corrected chi connectivity index (χ2v) is 6.76. The van der Waals surface area contributed by atoms with Crippen molar-refractivity contribution in [1.29, 1.82) is 0 Å². The number of urea groups is 1. The van der Waals surface area contributed by atoms with E-state index in [2.05, 4.69) is 17.6 Å². The molecule has 0 spiro atoms. The molecule has 1 aliphatic rings. The average molecular weight is 392 g/mol. The van der Waals surface area contributed by atoms with E-state index in [0.717, 1.165) is 25.7 Å². The van der Waals surface area contributed by atoms with E-state index in [1.165, 1.54) is 19.2 Å². The van der Waals surface area contributed by atoms with Gasteiger partial charge in [-0.3, -0.25) is 10.1 Å². The Bertz CT molecular complexity index is 706. The fourth-order valence-electron chi connectivity index (χ4n) is 3.18. The van der Waals surface area contributed by atoms with Crippen molar-refractivity contribution in [3.8, 4) is 11.5 Å². The predicted molar refractivity (Wildman–Crippen MR) is 103 cm³/mol. The zero-order valence-corrected chi connectivity index (χ0v) is 16.6. The highest BCUT2D eigenvalue weighted by Crippen LogP contribution is 2.28. The first-order valence-corrected chi connectivity index (χ1v) is 9.52. The molecule has 1 fully saturated rings. The highest BCUT2D eigenvalue weighted by atomic mass is 16.5. The minimum Gasteiger partial charge on any atom is -0.493 e. The number of benzene rings is 1. The van der Waals surface area contributed by atoms with Gasteiger partial charge in [0.2, 0.25) is 0 Å². The number of hydrogen-bond donors (Lipinski definition) is 2. The van der Waals surface area contributed by atoms with E-state index in [4.69, 9.17) is 14.2 Å². The molecule has 1 aromatic rings. The molecule has 0 saturated heterocycles. The van der Waals surface area contributed by atoms with Crippen LogP contribution in [-0.4, -0.2) is 44.3 Å². The van der Waals surface area contributed by atoms with Crippen LogP contribution in [-0.2, 0) is 9.53 Å². The standard InChI is InChI=1S/C20H28N2O6/c1-4-27-16-10-9-14(11-17(16)26-3)19(24)28-12-18(23)22-20(25)21-15-8-6-5-7-13(15)2/h9-11,13,15H,4-8,12H2,1-3H3,(H2,21,22,23,25)/t13-,15-/m1/s1. The summed E-state index contributed by atoms with van der Waals surface area (Å²) in [5.74, 6) is -0.110. The molecule has 0 bridgehead atoms. The molecule has 0 unspecified atom stereocenters. The lowest BCUT2D eigenvalue weighted by atomic mass is 9.86. The van der Waals surface area contributed by atoms with Crippen molar-refractivity contribution in [1.82, 2.24) is 10.6 Å². The third-order valence-corrected chi connectivity index (χ3v) is 4.71. The molecule has 1 aliphatic carbocycles. The van der Waals surface area contributed by atoms with Crippen LogP contribution >= 0.6 is 0 Å². The molecule has 3 amide bonds. The Labute approximate surface area is 164 Å². The minimum atomic E-state index is -0.696. The summed E-state index contributed by atoms with van der Waals surface area (Å²) in [4.78, 5) is 36.0. The number of amides is 3. The highest BCUT2D eigenvalue weighted by molar-refractivity contribution is 5.97. The van der Waals surface area contributed by atoms with Crippen LogP contribution in [0, 0.1) is 5.92 Å². The van der Waals surface area contributed by atoms with Gasteiger partial charge in [0, 0.05) is 6.04 Å². The zero-order chi connectivity index (χ0) is 20.5. The fraction of sp³-hybridized carbons (Fsp3) is 0.550. The van der Waals surface area contributed by atoms with E-state index in [0.29, 0.717) is 24.0 Å². The molecule has 0 radical (unpaired) electrons. The summed E-state index contributed by atoms with van der Waals surface area (Å²) in [7, 11) is 1.46. The number of imide groups is 1. The maximum absolute atomic E-state index is 12.1. The minimum absolute atomic E-state index is 0.0559. The average Bonchev–Trinajstić information content (AvgIpc) is 2.68. The van der Waals surface area contributed by atoms with Crippen molar-refractivity contribution in [2.45, 2.75) is 45.6 Å². The van der Waals surface area contributed by atoms with Crippen LogP contribution in [0.5, 0.6) is 11.5 Å². The third kappa shape index (κ3) is 6.14. The Morgan fingerprint density at radius 3 is 2.57 bits per heavy atom. The smallest absolute Gasteiger partial charge is 0.338 e. The Hall–Kier alpha value is -2.77. The molecule has 0 aromatic heterocycles. The van der Waals surface area contributed by atoms with Crippen LogP contribution in [0.25, 0.3) is 0 Å². The molecule has 2 rings (SSSR count). The zero-order valence-electron chi connectivity index (χ0n) is 16.6. The van der Waals surface area contributed by atoms with Gasteiger partial charge >= 0.3 is 12.0 Å². The van der Waals surface area contributed by atoms with Gasteiger partial charge in [0.25, 0.3) is 5.91 Å². The van der Waals surface area contributed by atoms with Crippen molar-refractivity contribution in [3.63, 3.8) is 0 Å². The predicted octanol–water partition coefficient (Wildman–Crippen LogP) is 2.66. The van der Waals surface area contributed by atoms with Crippen molar-refractivity contribution in [2.75, 3.05) is 20.3 Å². The van der Waals surface area contributed by atoms with Crippen LogP contribution in [0.2, 0.25) is 0 Å². The largest absolute Gasteiger partial charge is 0.493 e. The molecule has 0 aliphatic heterocycles. The van der Waals surface area contributed by atoms with Gasteiger partial charge in [-0.1, -0.05) is 19.8 Å². The van der Waals surface area contributed by atoms with Crippen LogP contribution < -0.4 is 20.1 Å². The molecule has 8 nitrogen and oxygen atoms in total. The normalized spacial score (nSPS) is 18.7. The molecule has 1 aromatic carbocycles. The first kappa shape index (κ1) is 21.5. The fourth-order valence-corrected chi connectivity index (χ4v) is 3.18. The van der Waals surface area contributed by atoms with E-state index in [-0.39, 0.29) is 11.6 Å². The molecule has 8 heteroatoms. The second kappa shape index (κ2) is 10.5. The van der Waals surface area contributed by atoms with Gasteiger partial charge in [0.05, 0.1) is 19.3 Å². The number of methoxy groups -OCH3 is 1. The summed E-state index contributed by atoms with van der Waals surface area (Å²) in [6.07, 6.45) is 4.18. The van der Waals surface area contributed by atoms with Gasteiger partial charge in [-0.05, 0) is 43.9 Å². The van der Waals surface area contributed by atoms with Crippen molar-refractivity contribution in [2.24, 2.45) is 5.92 Å². The summed E-state index contributed by atoms with van der Waals surface area (Å²) < 4.78 is 15.5. The summed E-state index contributed by atoms with van der Waals surface area (Å²) in [5.41, 5.74) is 0.216. The van der Waals surface area contributed by atoms with Crippen LogP contribution in [0.15, 0.2) is 18.2 Å². The molecular formula is C20H28N2O6. The number of carbonyl (C=O) groups excluding carboxylic acids is 3. The molecule has 0 heterocycles. The first-order valence-electron chi connectivity index (χ1n) is 9.52. The van der Waals surface area contributed by atoms with E-state index in [1.54, 1.807) is 6.07 Å². The maximum atomic E-state index is 12.1. The van der Waals surface area contributed by atoms with Crippen LogP contribution in [0.3, 0.4) is 0 Å². The molecule has 28 heavy (non-hydrogen) atoms. The number of rotatable bonds is 7. The lowest BCUT2D eigenvalue weighted by Gasteiger charge is -2.29. The van der Waals surface area contributed by atoms with E-state index in [1.807, 2.05) is 6.92 Å². The molecule has 154 valence electrons. The van der Waals surface area contributed by atoms with Gasteiger partial charge in [0.1, 0.15) is 0 Å². The van der Waals surface area contributed by atoms with Gasteiger partial charge in [0.15, 0.2) is 18.1 Å². The number of carbonyl (C=O) groups is 3. The topological polar surface area (TPSA) is 103 Å². The summed E-state index contributed by atoms with van der Waals surface area (Å²) in [6, 6.07) is 4.08. The Morgan fingerprint density at radius 2 is 1.89 bits per heavy atom. The number of ether oxygens (including phenoxy) is 3. The van der Waals surface area contributed by atoms with E-state index >= 15 is 0 Å². The SMILES string of the molecule is CCOc1ccc(C(=O)OCC(=O)NC(=O)N[C@@H]2CCCC[C@H]2C)cc1OC. The Kier molecular flexibility index (Phi) is 8.10. The van der Waals surface area contributed by atoms with Gasteiger partial charge < -0.3 is 19.5 Å². The van der Waals surface area contributed by atoms with Crippen molar-refractivity contribution >= 4 is 17.9 Å². The third-order valence-electron chi connectivity index (χ3n) is 4.71. The lowest BCUT2D eigenvalue weighted by Crippen LogP contribution is -2.48. The van der Waals surface area contributed by atoms with E-state index in [9.17, 15) is 14.4 Å². The summed E-state index contributed by atoms with van der Waals surface area (Å²) >= 11 is 0. The molecule has 1 saturated carbocycles. The van der Waals surface area contributed by atoms with Crippen LogP contribution in [0.4, 0.5) is 4.79 Å². The Morgan fingerprint density at radius 1 is 1.14 bits per heavy atom. The van der Waals surface area contributed by atoms with Gasteiger partial charge in [-0.2, -0.15) is 0 Å². The second-order valence-electron chi connectivity index (χ2n) is 6.76. The quantitative estimate of drug-likeness (QED) is 0.692. The summed E-state index contributed by atoms with van der Waals surface area (Å²) in [5, 5.41) is 5.00. The maximum Gasteiger partial charge on any atom is 0.338 e. The van der Waals surface area contributed by atoms with Crippen molar-refractivity contribution in [3.05, 3.63) is 23.8 Å². The first-order chi connectivity index (χ1) is 13.4. The molecule has 2 N–H and O–H groups in total. The molecule has 2 atom stereocenters. The number of nitrogens with one attached hydrogen (secondary N) is 2. The number of hydrogen-bond acceptors (Lipinski definition) is 6. The van der Waals surface area contributed by atoms with Crippen molar-refractivity contribution < 1.29 is 28.6 Å². The monoisotopic (exact) mass is 392 g/mol. The van der Waals surface area contributed by atoms with Gasteiger partial charge in [-0.25, -0.2) is 9.59 Å². The van der Waals surface area contributed by atoms with Gasteiger partial charge in [-0.15, -0.1) is 0 Å². The van der Waals surface area contributed by atoms with Crippen LogP contribution in [0.1, 0.15) is 49.9 Å². The summed E-state index contributed by atoms with van der Waals surface area (Å²) in [6.45, 7) is 3.83. The van der Waals surface area contributed by atoms with E-state index < -0.39 is 24.5 Å².